The van der Waals surface area contributed by atoms with Crippen LogP contribution in [0.25, 0.3) is 0 Å². The van der Waals surface area contributed by atoms with Gasteiger partial charge >= 0.3 is 0 Å². The number of aromatic nitrogens is 2. The van der Waals surface area contributed by atoms with Crippen molar-refractivity contribution in [2.24, 2.45) is 5.92 Å². The SMILES string of the molecule is CC1(c2noc(CCC3CCCNC3)n2)CCCO1. The number of nitrogens with one attached hydrogen (secondary N) is 1. The molecule has 2 unspecified atom stereocenters. The zero-order chi connectivity index (χ0) is 13.1. The van der Waals surface area contributed by atoms with Crippen LogP contribution in [0.3, 0.4) is 0 Å². The smallest absolute Gasteiger partial charge is 0.226 e. The van der Waals surface area contributed by atoms with Crippen molar-refractivity contribution in [3.05, 3.63) is 11.7 Å². The van der Waals surface area contributed by atoms with Crippen molar-refractivity contribution in [2.45, 2.75) is 51.0 Å². The van der Waals surface area contributed by atoms with Crippen molar-refractivity contribution in [3.63, 3.8) is 0 Å². The van der Waals surface area contributed by atoms with Crippen molar-refractivity contribution in [1.82, 2.24) is 15.5 Å². The molecule has 0 saturated carbocycles. The summed E-state index contributed by atoms with van der Waals surface area (Å²) < 4.78 is 11.1. The minimum Gasteiger partial charge on any atom is -0.367 e. The highest BCUT2D eigenvalue weighted by atomic mass is 16.5. The maximum absolute atomic E-state index is 5.74. The Morgan fingerprint density at radius 1 is 1.42 bits per heavy atom. The average Bonchev–Trinajstić information content (AvgIpc) is 3.07. The maximum Gasteiger partial charge on any atom is 0.226 e. The molecule has 106 valence electrons. The summed E-state index contributed by atoms with van der Waals surface area (Å²) in [5.74, 6) is 2.24. The summed E-state index contributed by atoms with van der Waals surface area (Å²) in [6.45, 7) is 5.15. The molecule has 0 bridgehead atoms. The van der Waals surface area contributed by atoms with Gasteiger partial charge in [0, 0.05) is 13.0 Å². The van der Waals surface area contributed by atoms with Gasteiger partial charge in [0.05, 0.1) is 0 Å². The van der Waals surface area contributed by atoms with Gasteiger partial charge in [0.2, 0.25) is 11.7 Å². The van der Waals surface area contributed by atoms with Gasteiger partial charge in [-0.05, 0) is 58.0 Å². The summed E-state index contributed by atoms with van der Waals surface area (Å²) in [6, 6.07) is 0. The Morgan fingerprint density at radius 3 is 3.11 bits per heavy atom. The zero-order valence-corrected chi connectivity index (χ0v) is 11.7. The first-order valence-corrected chi connectivity index (χ1v) is 7.44. The fourth-order valence-electron chi connectivity index (χ4n) is 3.02. The van der Waals surface area contributed by atoms with Crippen molar-refractivity contribution in [1.29, 1.82) is 0 Å². The Labute approximate surface area is 114 Å². The van der Waals surface area contributed by atoms with Crippen LogP contribution in [0.15, 0.2) is 4.52 Å². The van der Waals surface area contributed by atoms with Crippen LogP contribution in [0.4, 0.5) is 0 Å². The van der Waals surface area contributed by atoms with Gasteiger partial charge in [0.25, 0.3) is 0 Å². The van der Waals surface area contributed by atoms with Crippen LogP contribution in [0.2, 0.25) is 0 Å². The molecule has 2 saturated heterocycles. The molecule has 0 aromatic carbocycles. The Morgan fingerprint density at radius 2 is 2.37 bits per heavy atom. The number of hydrogen-bond acceptors (Lipinski definition) is 5. The summed E-state index contributed by atoms with van der Waals surface area (Å²) >= 11 is 0. The summed E-state index contributed by atoms with van der Waals surface area (Å²) in [4.78, 5) is 4.53. The van der Waals surface area contributed by atoms with E-state index in [9.17, 15) is 0 Å². The molecular formula is C14H23N3O2. The monoisotopic (exact) mass is 265 g/mol. The molecule has 0 radical (unpaired) electrons. The van der Waals surface area contributed by atoms with Crippen molar-refractivity contribution < 1.29 is 9.26 Å². The first kappa shape index (κ1) is 13.1. The quantitative estimate of drug-likeness (QED) is 0.902. The van der Waals surface area contributed by atoms with E-state index in [0.717, 1.165) is 63.0 Å². The number of aryl methyl sites for hydroxylation is 1. The number of piperidine rings is 1. The van der Waals surface area contributed by atoms with Crippen LogP contribution < -0.4 is 5.32 Å². The third-order valence-electron chi connectivity index (χ3n) is 4.33. The first-order chi connectivity index (χ1) is 9.26. The lowest BCUT2D eigenvalue weighted by molar-refractivity contribution is 0.00768. The van der Waals surface area contributed by atoms with E-state index in [1.165, 1.54) is 12.8 Å². The Kier molecular flexibility index (Phi) is 3.84. The number of ether oxygens (including phenoxy) is 1. The van der Waals surface area contributed by atoms with Gasteiger partial charge < -0.3 is 14.6 Å². The lowest BCUT2D eigenvalue weighted by Crippen LogP contribution is -2.29. The number of nitrogens with zero attached hydrogens (tertiary/aromatic N) is 2. The molecular weight excluding hydrogens is 242 g/mol. The van der Waals surface area contributed by atoms with Gasteiger partial charge in [-0.3, -0.25) is 0 Å². The van der Waals surface area contributed by atoms with Crippen LogP contribution >= 0.6 is 0 Å². The highest BCUT2D eigenvalue weighted by Crippen LogP contribution is 2.33. The zero-order valence-electron chi connectivity index (χ0n) is 11.7. The topological polar surface area (TPSA) is 60.2 Å². The Bertz CT molecular complexity index is 407. The predicted molar refractivity (Wildman–Crippen MR) is 70.8 cm³/mol. The molecule has 2 aliphatic heterocycles. The third kappa shape index (κ3) is 2.98. The van der Waals surface area contributed by atoms with Crippen LogP contribution in [-0.4, -0.2) is 29.8 Å². The molecule has 2 aliphatic rings. The first-order valence-electron chi connectivity index (χ1n) is 7.44. The second kappa shape index (κ2) is 5.59. The summed E-state index contributed by atoms with van der Waals surface area (Å²) in [5, 5.41) is 7.55. The van der Waals surface area contributed by atoms with E-state index >= 15 is 0 Å². The van der Waals surface area contributed by atoms with Crippen LogP contribution in [0.5, 0.6) is 0 Å². The summed E-state index contributed by atoms with van der Waals surface area (Å²) in [6.07, 6.45) is 6.68. The van der Waals surface area contributed by atoms with E-state index in [4.69, 9.17) is 9.26 Å². The van der Waals surface area contributed by atoms with E-state index in [0.29, 0.717) is 0 Å². The standard InChI is InChI=1S/C14H23N3O2/c1-14(7-3-9-18-14)13-16-12(19-17-13)6-5-11-4-2-8-15-10-11/h11,15H,2-10H2,1H3. The summed E-state index contributed by atoms with van der Waals surface area (Å²) in [5.41, 5.74) is -0.325. The lowest BCUT2D eigenvalue weighted by atomic mass is 9.95. The minimum absolute atomic E-state index is 0.325. The van der Waals surface area contributed by atoms with Crippen molar-refractivity contribution in [3.8, 4) is 0 Å². The van der Waals surface area contributed by atoms with Crippen molar-refractivity contribution in [2.75, 3.05) is 19.7 Å². The molecule has 3 heterocycles. The molecule has 2 fully saturated rings. The molecule has 5 heteroatoms. The minimum atomic E-state index is -0.325. The van der Waals surface area contributed by atoms with E-state index < -0.39 is 0 Å². The maximum atomic E-state index is 5.74. The normalized spacial score (nSPS) is 31.7. The number of hydrogen-bond donors (Lipinski definition) is 1. The molecule has 1 aromatic heterocycles. The molecule has 0 aliphatic carbocycles. The second-order valence-corrected chi connectivity index (χ2v) is 5.95. The average molecular weight is 265 g/mol. The fourth-order valence-corrected chi connectivity index (χ4v) is 3.02. The van der Waals surface area contributed by atoms with E-state index in [1.54, 1.807) is 0 Å². The van der Waals surface area contributed by atoms with Gasteiger partial charge in [-0.25, -0.2) is 0 Å². The molecule has 0 amide bonds. The summed E-state index contributed by atoms with van der Waals surface area (Å²) in [7, 11) is 0. The fraction of sp³-hybridized carbons (Fsp3) is 0.857. The Hall–Kier alpha value is -0.940. The largest absolute Gasteiger partial charge is 0.367 e. The van der Waals surface area contributed by atoms with E-state index in [1.807, 2.05) is 0 Å². The predicted octanol–water partition coefficient (Wildman–Crippen LogP) is 2.03. The van der Waals surface area contributed by atoms with Crippen LogP contribution in [-0.2, 0) is 16.8 Å². The number of rotatable bonds is 4. The molecule has 2 atom stereocenters. The van der Waals surface area contributed by atoms with Gasteiger partial charge in [-0.1, -0.05) is 5.16 Å². The molecule has 0 spiro atoms. The van der Waals surface area contributed by atoms with Gasteiger partial charge in [-0.2, -0.15) is 4.98 Å². The molecule has 19 heavy (non-hydrogen) atoms. The third-order valence-corrected chi connectivity index (χ3v) is 4.33. The van der Waals surface area contributed by atoms with E-state index in [-0.39, 0.29) is 5.60 Å². The highest BCUT2D eigenvalue weighted by Gasteiger charge is 2.36. The highest BCUT2D eigenvalue weighted by molar-refractivity contribution is 5.01. The van der Waals surface area contributed by atoms with E-state index in [2.05, 4.69) is 22.4 Å². The lowest BCUT2D eigenvalue weighted by Gasteiger charge is -2.21. The van der Waals surface area contributed by atoms with Crippen molar-refractivity contribution >= 4 is 0 Å². The van der Waals surface area contributed by atoms with Crippen LogP contribution in [0.1, 0.15) is 50.7 Å². The molecule has 1 aromatic rings. The Balaban J connectivity index is 1.55. The van der Waals surface area contributed by atoms with Crippen LogP contribution in [0, 0.1) is 5.92 Å². The molecule has 1 N–H and O–H groups in total. The second-order valence-electron chi connectivity index (χ2n) is 5.95. The van der Waals surface area contributed by atoms with Gasteiger partial charge in [0.1, 0.15) is 5.60 Å². The molecule has 3 rings (SSSR count). The van der Waals surface area contributed by atoms with Gasteiger partial charge in [0.15, 0.2) is 0 Å². The van der Waals surface area contributed by atoms with Gasteiger partial charge in [-0.15, -0.1) is 0 Å². The molecule has 5 nitrogen and oxygen atoms in total.